The summed E-state index contributed by atoms with van der Waals surface area (Å²) in [5.74, 6) is -0.954. The number of halogens is 1. The summed E-state index contributed by atoms with van der Waals surface area (Å²) in [5.41, 5.74) is 0.635. The average molecular weight is 321 g/mol. The summed E-state index contributed by atoms with van der Waals surface area (Å²) in [4.78, 5) is 12.2. The predicted molar refractivity (Wildman–Crippen MR) is 83.1 cm³/mol. The number of hydrogen-bond acceptors (Lipinski definition) is 3. The van der Waals surface area contributed by atoms with Crippen LogP contribution in [0.3, 0.4) is 0 Å². The zero-order valence-electron chi connectivity index (χ0n) is 12.2. The van der Waals surface area contributed by atoms with E-state index in [1.807, 2.05) is 0 Å². The molecule has 0 aromatic heterocycles. The summed E-state index contributed by atoms with van der Waals surface area (Å²) >= 11 is 0. The summed E-state index contributed by atoms with van der Waals surface area (Å²) in [6.45, 7) is 3.21. The monoisotopic (exact) mass is 321 g/mol. The van der Waals surface area contributed by atoms with Gasteiger partial charge in [-0.2, -0.15) is 0 Å². The van der Waals surface area contributed by atoms with Gasteiger partial charge in [-0.05, 0) is 56.3 Å². The van der Waals surface area contributed by atoms with Crippen LogP contribution in [0.5, 0.6) is 0 Å². The van der Waals surface area contributed by atoms with Crippen molar-refractivity contribution in [3.63, 3.8) is 0 Å². The van der Waals surface area contributed by atoms with Gasteiger partial charge in [0.1, 0.15) is 5.82 Å². The minimum Gasteiger partial charge on any atom is -0.322 e. The highest BCUT2D eigenvalue weighted by Crippen LogP contribution is 2.19. The van der Waals surface area contributed by atoms with Crippen LogP contribution < -0.4 is 5.32 Å². The van der Waals surface area contributed by atoms with Crippen molar-refractivity contribution in [1.82, 2.24) is 0 Å². The number of benzene rings is 2. The van der Waals surface area contributed by atoms with Gasteiger partial charge in [0.05, 0.1) is 10.1 Å². The standard InChI is InChI=1S/C16H16FNO3S/c1-11(2)22(20,21)15-8-6-14(7-9-15)18-16(19)12-4-3-5-13(17)10-12/h3-11H,1-2H3,(H,18,19). The fourth-order valence-corrected chi connectivity index (χ4v) is 2.89. The lowest BCUT2D eigenvalue weighted by atomic mass is 10.2. The van der Waals surface area contributed by atoms with Crippen LogP contribution in [0.4, 0.5) is 10.1 Å². The van der Waals surface area contributed by atoms with Gasteiger partial charge in [-0.1, -0.05) is 6.07 Å². The van der Waals surface area contributed by atoms with Gasteiger partial charge < -0.3 is 5.32 Å². The van der Waals surface area contributed by atoms with Crippen LogP contribution in [-0.4, -0.2) is 19.6 Å². The third-order valence-corrected chi connectivity index (χ3v) is 5.32. The van der Waals surface area contributed by atoms with E-state index in [0.717, 1.165) is 6.07 Å². The maximum Gasteiger partial charge on any atom is 0.255 e. The number of anilines is 1. The first-order valence-electron chi connectivity index (χ1n) is 6.71. The van der Waals surface area contributed by atoms with Crippen molar-refractivity contribution in [3.8, 4) is 0 Å². The van der Waals surface area contributed by atoms with E-state index in [9.17, 15) is 17.6 Å². The van der Waals surface area contributed by atoms with Gasteiger partial charge >= 0.3 is 0 Å². The van der Waals surface area contributed by atoms with Gasteiger partial charge in [0.15, 0.2) is 9.84 Å². The van der Waals surface area contributed by atoms with E-state index >= 15 is 0 Å². The highest BCUT2D eigenvalue weighted by Gasteiger charge is 2.18. The molecule has 0 saturated carbocycles. The van der Waals surface area contributed by atoms with E-state index < -0.39 is 26.8 Å². The molecular weight excluding hydrogens is 305 g/mol. The van der Waals surface area contributed by atoms with E-state index in [1.54, 1.807) is 13.8 Å². The number of rotatable bonds is 4. The van der Waals surface area contributed by atoms with Crippen molar-refractivity contribution in [2.45, 2.75) is 24.0 Å². The molecule has 0 aliphatic rings. The minimum atomic E-state index is -3.34. The topological polar surface area (TPSA) is 63.2 Å². The Labute approximate surface area is 128 Å². The second-order valence-electron chi connectivity index (χ2n) is 5.08. The molecule has 4 nitrogen and oxygen atoms in total. The molecule has 0 bridgehead atoms. The number of carbonyl (C=O) groups is 1. The van der Waals surface area contributed by atoms with E-state index in [-0.39, 0.29) is 10.5 Å². The van der Waals surface area contributed by atoms with E-state index in [0.29, 0.717) is 5.69 Å². The fourth-order valence-electron chi connectivity index (χ4n) is 1.83. The van der Waals surface area contributed by atoms with Gasteiger partial charge in [0.2, 0.25) is 0 Å². The maximum atomic E-state index is 13.1. The smallest absolute Gasteiger partial charge is 0.255 e. The Morgan fingerprint density at radius 2 is 1.73 bits per heavy atom. The molecule has 2 aromatic rings. The highest BCUT2D eigenvalue weighted by molar-refractivity contribution is 7.92. The summed E-state index contributed by atoms with van der Waals surface area (Å²) in [7, 11) is -3.34. The van der Waals surface area contributed by atoms with Crippen LogP contribution >= 0.6 is 0 Å². The Balaban J connectivity index is 2.17. The molecule has 0 aliphatic heterocycles. The largest absolute Gasteiger partial charge is 0.322 e. The van der Waals surface area contributed by atoms with Crippen LogP contribution in [0.15, 0.2) is 53.4 Å². The molecule has 0 aliphatic carbocycles. The number of carbonyl (C=O) groups excluding carboxylic acids is 1. The second-order valence-corrected chi connectivity index (χ2v) is 7.59. The summed E-state index contributed by atoms with van der Waals surface area (Å²) in [5, 5.41) is 2.08. The Morgan fingerprint density at radius 3 is 2.27 bits per heavy atom. The Bertz CT molecular complexity index is 783. The van der Waals surface area contributed by atoms with Gasteiger partial charge in [-0.3, -0.25) is 4.79 Å². The molecule has 0 saturated heterocycles. The normalized spacial score (nSPS) is 11.5. The molecule has 0 unspecified atom stereocenters. The van der Waals surface area contributed by atoms with Crippen LogP contribution in [0.2, 0.25) is 0 Å². The van der Waals surface area contributed by atoms with Crippen molar-refractivity contribution < 1.29 is 17.6 Å². The number of sulfone groups is 1. The molecule has 0 radical (unpaired) electrons. The second kappa shape index (κ2) is 6.27. The van der Waals surface area contributed by atoms with Crippen molar-refractivity contribution in [1.29, 1.82) is 0 Å². The molecule has 2 aromatic carbocycles. The SMILES string of the molecule is CC(C)S(=O)(=O)c1ccc(NC(=O)c2cccc(F)c2)cc1. The van der Waals surface area contributed by atoms with Gasteiger partial charge in [0, 0.05) is 11.3 Å². The molecule has 0 spiro atoms. The number of amides is 1. The van der Waals surface area contributed by atoms with E-state index in [2.05, 4.69) is 5.32 Å². The maximum absolute atomic E-state index is 13.1. The first kappa shape index (κ1) is 16.2. The van der Waals surface area contributed by atoms with Crippen LogP contribution in [0.25, 0.3) is 0 Å². The molecule has 116 valence electrons. The van der Waals surface area contributed by atoms with Crippen molar-refractivity contribution in [2.75, 3.05) is 5.32 Å². The van der Waals surface area contributed by atoms with E-state index in [4.69, 9.17) is 0 Å². The van der Waals surface area contributed by atoms with Crippen molar-refractivity contribution in [3.05, 3.63) is 59.9 Å². The summed E-state index contributed by atoms with van der Waals surface area (Å²) in [6.07, 6.45) is 0. The third-order valence-electron chi connectivity index (χ3n) is 3.15. The van der Waals surface area contributed by atoms with Gasteiger partial charge in [-0.15, -0.1) is 0 Å². The Hall–Kier alpha value is -2.21. The number of hydrogen-bond donors (Lipinski definition) is 1. The van der Waals surface area contributed by atoms with Crippen molar-refractivity contribution >= 4 is 21.4 Å². The van der Waals surface area contributed by atoms with Gasteiger partial charge in [0.25, 0.3) is 5.91 Å². The molecule has 0 atom stereocenters. The molecule has 6 heteroatoms. The third kappa shape index (κ3) is 3.51. The lowest BCUT2D eigenvalue weighted by Gasteiger charge is -2.09. The van der Waals surface area contributed by atoms with Crippen LogP contribution in [0.1, 0.15) is 24.2 Å². The van der Waals surface area contributed by atoms with E-state index in [1.165, 1.54) is 42.5 Å². The molecule has 22 heavy (non-hydrogen) atoms. The zero-order valence-corrected chi connectivity index (χ0v) is 13.0. The molecule has 2 rings (SSSR count). The first-order chi connectivity index (χ1) is 10.3. The quantitative estimate of drug-likeness (QED) is 0.940. The fraction of sp³-hybridized carbons (Fsp3) is 0.188. The number of nitrogens with one attached hydrogen (secondary N) is 1. The lowest BCUT2D eigenvalue weighted by molar-refractivity contribution is 0.102. The minimum absolute atomic E-state index is 0.193. The van der Waals surface area contributed by atoms with Crippen LogP contribution in [0, 0.1) is 5.82 Å². The highest BCUT2D eigenvalue weighted by atomic mass is 32.2. The average Bonchev–Trinajstić information content (AvgIpc) is 2.47. The molecule has 1 amide bonds. The predicted octanol–water partition coefficient (Wildman–Crippen LogP) is 3.26. The lowest BCUT2D eigenvalue weighted by Crippen LogP contribution is -2.15. The first-order valence-corrected chi connectivity index (χ1v) is 8.26. The molecular formula is C16H16FNO3S. The Morgan fingerprint density at radius 1 is 1.09 bits per heavy atom. The Kier molecular flexibility index (Phi) is 4.61. The van der Waals surface area contributed by atoms with Crippen molar-refractivity contribution in [2.24, 2.45) is 0 Å². The zero-order chi connectivity index (χ0) is 16.3. The molecule has 0 heterocycles. The van der Waals surface area contributed by atoms with Crippen LogP contribution in [-0.2, 0) is 9.84 Å². The molecule has 0 fully saturated rings. The van der Waals surface area contributed by atoms with Gasteiger partial charge in [-0.25, -0.2) is 12.8 Å². The summed E-state index contributed by atoms with van der Waals surface area (Å²) in [6, 6.07) is 11.2. The summed E-state index contributed by atoms with van der Waals surface area (Å²) < 4.78 is 37.1. The molecule has 1 N–H and O–H groups in total.